The minimum atomic E-state index is 0.326. The minimum Gasteiger partial charge on any atom is -0.300 e. The molecule has 5 aliphatic carbocycles. The van der Waals surface area contributed by atoms with E-state index in [1.54, 1.807) is 0 Å². The van der Waals surface area contributed by atoms with Gasteiger partial charge in [-0.25, -0.2) is 0 Å². The van der Waals surface area contributed by atoms with Gasteiger partial charge in [0.15, 0.2) is 0 Å². The van der Waals surface area contributed by atoms with Gasteiger partial charge in [-0.05, 0) is 113 Å². The van der Waals surface area contributed by atoms with Gasteiger partial charge in [0, 0.05) is 17.8 Å². The van der Waals surface area contributed by atoms with Crippen LogP contribution in [0.5, 0.6) is 0 Å². The molecule has 1 nitrogen and oxygen atoms in total. The normalized spacial score (nSPS) is 50.0. The molecule has 0 heterocycles. The fourth-order valence-corrected chi connectivity index (χ4v) is 8.12. The van der Waals surface area contributed by atoms with Gasteiger partial charge in [-0.2, -0.15) is 0 Å². The van der Waals surface area contributed by atoms with Crippen LogP contribution in [0.25, 0.3) is 0 Å². The smallest absolute Gasteiger partial charge is 0.133 e. The topological polar surface area (TPSA) is 17.1 Å². The SMILES string of the molecule is CC(=O)C1CCC2C3CCC4CC(C#CC5CC5)CCC4C3CCC12C. The van der Waals surface area contributed by atoms with Gasteiger partial charge in [-0.1, -0.05) is 18.8 Å². The van der Waals surface area contributed by atoms with Crippen LogP contribution in [0.1, 0.15) is 84.5 Å². The molecule has 5 aliphatic rings. The second-order valence-electron chi connectivity index (χ2n) is 10.8. The molecule has 0 N–H and O–H groups in total. The van der Waals surface area contributed by atoms with Gasteiger partial charge in [0.05, 0.1) is 0 Å². The van der Waals surface area contributed by atoms with Crippen molar-refractivity contribution in [2.75, 3.05) is 0 Å². The third-order valence-corrected chi connectivity index (χ3v) is 9.51. The second kappa shape index (κ2) is 6.39. The first-order valence-corrected chi connectivity index (χ1v) is 11.6. The number of ketones is 1. The van der Waals surface area contributed by atoms with Crippen LogP contribution in [0.3, 0.4) is 0 Å². The largest absolute Gasteiger partial charge is 0.300 e. The van der Waals surface area contributed by atoms with E-state index in [1.165, 1.54) is 70.6 Å². The van der Waals surface area contributed by atoms with Crippen LogP contribution >= 0.6 is 0 Å². The van der Waals surface area contributed by atoms with Crippen LogP contribution in [0.2, 0.25) is 0 Å². The Bertz CT molecular complexity index is 634. The lowest BCUT2D eigenvalue weighted by Crippen LogP contribution is -2.49. The Kier molecular flexibility index (Phi) is 4.26. The summed E-state index contributed by atoms with van der Waals surface area (Å²) in [6.07, 6.45) is 15.0. The lowest BCUT2D eigenvalue weighted by Gasteiger charge is -2.56. The molecule has 0 radical (unpaired) electrons. The standard InChI is InChI=1S/C25H36O/c1-16(26)23-11-12-24-22-10-8-19-15-18(6-5-17-3-4-17)7-9-20(19)21(22)13-14-25(23,24)2/h17-24H,3-4,7-15H2,1-2H3. The summed E-state index contributed by atoms with van der Waals surface area (Å²) in [7, 11) is 0. The van der Waals surface area contributed by atoms with Gasteiger partial charge in [0.25, 0.3) is 0 Å². The molecular weight excluding hydrogens is 316 g/mol. The molecule has 5 fully saturated rings. The number of Topliss-reactive ketones (excluding diaryl/α,β-unsaturated/α-hetero) is 1. The van der Waals surface area contributed by atoms with Crippen molar-refractivity contribution < 1.29 is 4.79 Å². The maximum atomic E-state index is 12.2. The van der Waals surface area contributed by atoms with Gasteiger partial charge in [-0.3, -0.25) is 4.79 Å². The Hall–Kier alpha value is -0.770. The number of carbonyl (C=O) groups excluding carboxylic acids is 1. The number of fused-ring (bicyclic) bond motifs is 5. The van der Waals surface area contributed by atoms with Crippen LogP contribution in [0.15, 0.2) is 0 Å². The summed E-state index contributed by atoms with van der Waals surface area (Å²) in [5, 5.41) is 0. The quantitative estimate of drug-likeness (QED) is 0.539. The zero-order valence-corrected chi connectivity index (χ0v) is 16.8. The van der Waals surface area contributed by atoms with E-state index in [-0.39, 0.29) is 0 Å². The third-order valence-electron chi connectivity index (χ3n) is 9.51. The van der Waals surface area contributed by atoms with Crippen molar-refractivity contribution in [2.24, 2.45) is 52.8 Å². The average molecular weight is 353 g/mol. The lowest BCUT2D eigenvalue weighted by molar-refractivity contribution is -0.128. The van der Waals surface area contributed by atoms with Crippen molar-refractivity contribution in [1.82, 2.24) is 0 Å². The number of hydrogen-bond acceptors (Lipinski definition) is 1. The molecule has 0 amide bonds. The predicted molar refractivity (Wildman–Crippen MR) is 105 cm³/mol. The highest BCUT2D eigenvalue weighted by atomic mass is 16.1. The first kappa shape index (κ1) is 17.3. The van der Waals surface area contributed by atoms with Crippen molar-refractivity contribution in [2.45, 2.75) is 84.5 Å². The van der Waals surface area contributed by atoms with E-state index in [4.69, 9.17) is 0 Å². The first-order chi connectivity index (χ1) is 12.6. The fraction of sp³-hybridized carbons (Fsp3) is 0.880. The highest BCUT2D eigenvalue weighted by molar-refractivity contribution is 5.79. The van der Waals surface area contributed by atoms with Gasteiger partial charge in [-0.15, -0.1) is 0 Å². The number of rotatable bonds is 1. The molecule has 5 saturated carbocycles. The Morgan fingerprint density at radius 2 is 1.54 bits per heavy atom. The van der Waals surface area contributed by atoms with Crippen LogP contribution in [-0.2, 0) is 4.79 Å². The molecule has 0 bridgehead atoms. The van der Waals surface area contributed by atoms with Crippen LogP contribution in [0.4, 0.5) is 0 Å². The Morgan fingerprint density at radius 1 is 0.808 bits per heavy atom. The average Bonchev–Trinajstić information content (AvgIpc) is 3.38. The molecule has 0 spiro atoms. The molecule has 5 rings (SSSR count). The number of carbonyl (C=O) groups is 1. The maximum absolute atomic E-state index is 12.2. The molecule has 1 heteroatoms. The molecule has 0 aromatic carbocycles. The van der Waals surface area contributed by atoms with Crippen LogP contribution in [0, 0.1) is 64.6 Å². The molecule has 0 aromatic heterocycles. The number of hydrogen-bond donors (Lipinski definition) is 0. The van der Waals surface area contributed by atoms with E-state index < -0.39 is 0 Å². The molecule has 0 aromatic rings. The molecular formula is C25H36O. The summed E-state index contributed by atoms with van der Waals surface area (Å²) in [6.45, 7) is 4.33. The zero-order valence-electron chi connectivity index (χ0n) is 16.8. The minimum absolute atomic E-state index is 0.326. The van der Waals surface area contributed by atoms with E-state index >= 15 is 0 Å². The Labute approximate surface area is 160 Å². The second-order valence-corrected chi connectivity index (χ2v) is 10.8. The van der Waals surface area contributed by atoms with Crippen molar-refractivity contribution in [3.05, 3.63) is 0 Å². The van der Waals surface area contributed by atoms with E-state index in [1.807, 2.05) is 6.92 Å². The van der Waals surface area contributed by atoms with Gasteiger partial charge in [0.2, 0.25) is 0 Å². The first-order valence-electron chi connectivity index (χ1n) is 11.6. The molecule has 26 heavy (non-hydrogen) atoms. The van der Waals surface area contributed by atoms with Crippen molar-refractivity contribution in [3.8, 4) is 11.8 Å². The van der Waals surface area contributed by atoms with Gasteiger partial charge < -0.3 is 0 Å². The highest BCUT2D eigenvalue weighted by Crippen LogP contribution is 2.64. The lowest BCUT2D eigenvalue weighted by atomic mass is 9.49. The van der Waals surface area contributed by atoms with E-state index in [0.29, 0.717) is 23.0 Å². The summed E-state index contributed by atoms with van der Waals surface area (Å²) in [5.74, 6) is 14.2. The summed E-state index contributed by atoms with van der Waals surface area (Å²) in [4.78, 5) is 12.2. The van der Waals surface area contributed by atoms with Gasteiger partial charge in [0.1, 0.15) is 5.78 Å². The van der Waals surface area contributed by atoms with Crippen LogP contribution < -0.4 is 0 Å². The van der Waals surface area contributed by atoms with E-state index in [0.717, 1.165) is 35.5 Å². The van der Waals surface area contributed by atoms with E-state index in [9.17, 15) is 4.79 Å². The molecule has 8 atom stereocenters. The van der Waals surface area contributed by atoms with Crippen molar-refractivity contribution >= 4 is 5.78 Å². The van der Waals surface area contributed by atoms with Crippen molar-refractivity contribution in [1.29, 1.82) is 0 Å². The maximum Gasteiger partial charge on any atom is 0.133 e. The summed E-state index contributed by atoms with van der Waals surface area (Å²) >= 11 is 0. The fourth-order valence-electron chi connectivity index (χ4n) is 8.12. The van der Waals surface area contributed by atoms with Crippen molar-refractivity contribution in [3.63, 3.8) is 0 Å². The highest BCUT2D eigenvalue weighted by Gasteiger charge is 2.57. The summed E-state index contributed by atoms with van der Waals surface area (Å²) in [6, 6.07) is 0. The zero-order chi connectivity index (χ0) is 17.9. The molecule has 142 valence electrons. The monoisotopic (exact) mass is 352 g/mol. The molecule has 0 saturated heterocycles. The third kappa shape index (κ3) is 2.78. The summed E-state index contributed by atoms with van der Waals surface area (Å²) < 4.78 is 0. The Balaban J connectivity index is 1.29. The predicted octanol–water partition coefficient (Wildman–Crippen LogP) is 5.87. The molecule has 8 unspecified atom stereocenters. The van der Waals surface area contributed by atoms with Gasteiger partial charge >= 0.3 is 0 Å². The Morgan fingerprint density at radius 3 is 2.31 bits per heavy atom. The van der Waals surface area contributed by atoms with Crippen LogP contribution in [-0.4, -0.2) is 5.78 Å². The van der Waals surface area contributed by atoms with E-state index in [2.05, 4.69) is 18.8 Å². The summed E-state index contributed by atoms with van der Waals surface area (Å²) in [5.41, 5.74) is 0.326. The molecule has 0 aliphatic heterocycles.